The number of carbonyl (C=O) groups excluding carboxylic acids is 1. The molecule has 4 heteroatoms. The van der Waals surface area contributed by atoms with E-state index in [2.05, 4.69) is 5.32 Å². The summed E-state index contributed by atoms with van der Waals surface area (Å²) < 4.78 is 5.34. The molecule has 3 N–H and O–H groups in total. The molecule has 2 fully saturated rings. The Balaban J connectivity index is 2.02. The maximum atomic E-state index is 12.3. The van der Waals surface area contributed by atoms with Gasteiger partial charge in [-0.05, 0) is 33.1 Å². The Morgan fingerprint density at radius 3 is 2.69 bits per heavy atom. The molecule has 1 saturated heterocycles. The van der Waals surface area contributed by atoms with Gasteiger partial charge in [0.15, 0.2) is 0 Å². The van der Waals surface area contributed by atoms with Crippen molar-refractivity contribution < 1.29 is 9.53 Å². The van der Waals surface area contributed by atoms with Crippen LogP contribution in [0, 0.1) is 5.41 Å². The maximum Gasteiger partial charge on any atom is 0.228 e. The van der Waals surface area contributed by atoms with Crippen LogP contribution in [0.4, 0.5) is 0 Å². The molecule has 16 heavy (non-hydrogen) atoms. The zero-order valence-corrected chi connectivity index (χ0v) is 10.2. The second kappa shape index (κ2) is 4.00. The van der Waals surface area contributed by atoms with E-state index in [1.807, 2.05) is 13.8 Å². The first-order chi connectivity index (χ1) is 7.46. The second-order valence-corrected chi connectivity index (χ2v) is 5.73. The highest BCUT2D eigenvalue weighted by atomic mass is 16.5. The van der Waals surface area contributed by atoms with Crippen LogP contribution in [-0.2, 0) is 9.53 Å². The first kappa shape index (κ1) is 11.9. The Morgan fingerprint density at radius 1 is 1.44 bits per heavy atom. The molecule has 1 amide bonds. The summed E-state index contributed by atoms with van der Waals surface area (Å²) in [6, 6.07) is -0.00146. The number of nitrogens with one attached hydrogen (secondary N) is 1. The molecule has 3 atom stereocenters. The molecular formula is C12H22N2O2. The summed E-state index contributed by atoms with van der Waals surface area (Å²) in [5, 5.41) is 3.12. The fourth-order valence-electron chi connectivity index (χ4n) is 2.66. The molecule has 0 aromatic heterocycles. The monoisotopic (exact) mass is 226 g/mol. The second-order valence-electron chi connectivity index (χ2n) is 5.73. The normalized spacial score (nSPS) is 43.6. The highest BCUT2D eigenvalue weighted by Crippen LogP contribution is 2.37. The number of hydrogen-bond donors (Lipinski definition) is 2. The molecule has 0 radical (unpaired) electrons. The third-order valence-electron chi connectivity index (χ3n) is 4.18. The Hall–Kier alpha value is -0.610. The lowest BCUT2D eigenvalue weighted by atomic mass is 9.83. The Kier molecular flexibility index (Phi) is 2.97. The first-order valence-corrected chi connectivity index (χ1v) is 6.12. The van der Waals surface area contributed by atoms with Crippen LogP contribution in [0.15, 0.2) is 0 Å². The van der Waals surface area contributed by atoms with Gasteiger partial charge in [0.05, 0.1) is 17.6 Å². The van der Waals surface area contributed by atoms with Crippen LogP contribution >= 0.6 is 0 Å². The Morgan fingerprint density at radius 2 is 2.19 bits per heavy atom. The molecular weight excluding hydrogens is 204 g/mol. The van der Waals surface area contributed by atoms with Crippen LogP contribution in [0.1, 0.15) is 39.5 Å². The van der Waals surface area contributed by atoms with Crippen molar-refractivity contribution >= 4 is 5.91 Å². The van der Waals surface area contributed by atoms with Gasteiger partial charge in [-0.1, -0.05) is 6.42 Å². The van der Waals surface area contributed by atoms with Gasteiger partial charge in [0.2, 0.25) is 5.91 Å². The molecule has 0 aromatic rings. The highest BCUT2D eigenvalue weighted by Gasteiger charge is 2.45. The van der Waals surface area contributed by atoms with Gasteiger partial charge in [-0.25, -0.2) is 0 Å². The maximum absolute atomic E-state index is 12.3. The SMILES string of the molecule is CC1(NC(=O)C2(C)CCCC2N)CCOC1. The Labute approximate surface area is 96.9 Å². The minimum atomic E-state index is -0.383. The fourth-order valence-corrected chi connectivity index (χ4v) is 2.66. The molecule has 0 spiro atoms. The minimum Gasteiger partial charge on any atom is -0.379 e. The van der Waals surface area contributed by atoms with Gasteiger partial charge < -0.3 is 15.8 Å². The van der Waals surface area contributed by atoms with E-state index in [0.717, 1.165) is 32.3 Å². The zero-order valence-electron chi connectivity index (χ0n) is 10.2. The summed E-state index contributed by atoms with van der Waals surface area (Å²) in [5.74, 6) is 0.102. The van der Waals surface area contributed by atoms with Gasteiger partial charge >= 0.3 is 0 Å². The van der Waals surface area contributed by atoms with Gasteiger partial charge in [-0.2, -0.15) is 0 Å². The molecule has 4 nitrogen and oxygen atoms in total. The molecule has 1 saturated carbocycles. The van der Waals surface area contributed by atoms with Crippen molar-refractivity contribution in [1.29, 1.82) is 0 Å². The van der Waals surface area contributed by atoms with E-state index in [1.165, 1.54) is 0 Å². The highest BCUT2D eigenvalue weighted by molar-refractivity contribution is 5.84. The number of nitrogens with two attached hydrogens (primary N) is 1. The lowest BCUT2D eigenvalue weighted by Crippen LogP contribution is -2.55. The van der Waals surface area contributed by atoms with Crippen molar-refractivity contribution in [2.75, 3.05) is 13.2 Å². The van der Waals surface area contributed by atoms with E-state index in [0.29, 0.717) is 6.61 Å². The summed E-state index contributed by atoms with van der Waals surface area (Å²) >= 11 is 0. The standard InChI is InChI=1S/C12H22N2O2/c1-11(6-7-16-8-11)14-10(15)12(2)5-3-4-9(12)13/h9H,3-8,13H2,1-2H3,(H,14,15). The molecule has 0 bridgehead atoms. The van der Waals surface area contributed by atoms with Gasteiger partial charge in [0.1, 0.15) is 0 Å². The number of carbonyl (C=O) groups is 1. The lowest BCUT2D eigenvalue weighted by molar-refractivity contribution is -0.132. The summed E-state index contributed by atoms with van der Waals surface area (Å²) in [5.41, 5.74) is 5.46. The van der Waals surface area contributed by atoms with E-state index in [4.69, 9.17) is 10.5 Å². The van der Waals surface area contributed by atoms with Gasteiger partial charge in [-0.15, -0.1) is 0 Å². The zero-order chi connectivity index (χ0) is 11.8. The van der Waals surface area contributed by atoms with E-state index in [-0.39, 0.29) is 22.9 Å². The quantitative estimate of drug-likeness (QED) is 0.732. The van der Waals surface area contributed by atoms with E-state index < -0.39 is 0 Å². The lowest BCUT2D eigenvalue weighted by Gasteiger charge is -2.33. The van der Waals surface area contributed by atoms with Crippen LogP contribution in [-0.4, -0.2) is 30.7 Å². The van der Waals surface area contributed by atoms with Gasteiger partial charge in [-0.3, -0.25) is 4.79 Å². The van der Waals surface area contributed by atoms with Crippen LogP contribution in [0.5, 0.6) is 0 Å². The molecule has 1 heterocycles. The first-order valence-electron chi connectivity index (χ1n) is 6.12. The Bertz CT molecular complexity index is 287. The molecule has 2 rings (SSSR count). The fraction of sp³-hybridized carbons (Fsp3) is 0.917. The molecule has 92 valence electrons. The topological polar surface area (TPSA) is 64.4 Å². The average Bonchev–Trinajstić information content (AvgIpc) is 2.76. The predicted molar refractivity (Wildman–Crippen MR) is 61.9 cm³/mol. The number of ether oxygens (including phenoxy) is 1. The molecule has 1 aliphatic carbocycles. The van der Waals surface area contributed by atoms with E-state index in [1.54, 1.807) is 0 Å². The van der Waals surface area contributed by atoms with E-state index >= 15 is 0 Å². The molecule has 3 unspecified atom stereocenters. The van der Waals surface area contributed by atoms with Crippen molar-refractivity contribution in [3.05, 3.63) is 0 Å². The summed E-state index contributed by atoms with van der Waals surface area (Å²) in [7, 11) is 0. The van der Waals surface area contributed by atoms with Crippen LogP contribution in [0.25, 0.3) is 0 Å². The third-order valence-corrected chi connectivity index (χ3v) is 4.18. The smallest absolute Gasteiger partial charge is 0.228 e. The van der Waals surface area contributed by atoms with Crippen molar-refractivity contribution in [3.8, 4) is 0 Å². The minimum absolute atomic E-state index is 0.00146. The van der Waals surface area contributed by atoms with E-state index in [9.17, 15) is 4.79 Å². The molecule has 0 aromatic carbocycles. The van der Waals surface area contributed by atoms with Gasteiger partial charge in [0.25, 0.3) is 0 Å². The predicted octanol–water partition coefficient (Wildman–Crippen LogP) is 0.799. The largest absolute Gasteiger partial charge is 0.379 e. The van der Waals surface area contributed by atoms with Gasteiger partial charge in [0, 0.05) is 12.6 Å². The average molecular weight is 226 g/mol. The van der Waals surface area contributed by atoms with Crippen molar-refractivity contribution in [1.82, 2.24) is 5.32 Å². The van der Waals surface area contributed by atoms with Crippen LogP contribution in [0.3, 0.4) is 0 Å². The van der Waals surface area contributed by atoms with Crippen molar-refractivity contribution in [3.63, 3.8) is 0 Å². The van der Waals surface area contributed by atoms with Crippen molar-refractivity contribution in [2.45, 2.75) is 51.1 Å². The summed E-state index contributed by atoms with van der Waals surface area (Å²) in [4.78, 5) is 12.3. The number of amides is 1. The summed E-state index contributed by atoms with van der Waals surface area (Å²) in [6.45, 7) is 5.38. The molecule has 1 aliphatic heterocycles. The third kappa shape index (κ3) is 1.96. The number of rotatable bonds is 2. The van der Waals surface area contributed by atoms with Crippen LogP contribution in [0.2, 0.25) is 0 Å². The number of hydrogen-bond acceptors (Lipinski definition) is 3. The summed E-state index contributed by atoms with van der Waals surface area (Å²) in [6.07, 6.45) is 3.80. The molecule has 2 aliphatic rings. The van der Waals surface area contributed by atoms with Crippen molar-refractivity contribution in [2.24, 2.45) is 11.1 Å². The van der Waals surface area contributed by atoms with Crippen LogP contribution < -0.4 is 11.1 Å².